The lowest BCUT2D eigenvalue weighted by Gasteiger charge is -2.46. The van der Waals surface area contributed by atoms with E-state index in [0.717, 1.165) is 41.8 Å². The Bertz CT molecular complexity index is 1750. The van der Waals surface area contributed by atoms with Gasteiger partial charge in [-0.1, -0.05) is 42.5 Å². The number of nitrogens with one attached hydrogen (secondary N) is 1. The molecule has 0 spiro atoms. The third-order valence-corrected chi connectivity index (χ3v) is 8.34. The highest BCUT2D eigenvalue weighted by Gasteiger charge is 2.41. The number of H-pyrrole nitrogens is 1. The summed E-state index contributed by atoms with van der Waals surface area (Å²) in [5.41, 5.74) is 8.85. The van der Waals surface area contributed by atoms with Crippen molar-refractivity contribution in [2.24, 2.45) is 0 Å². The van der Waals surface area contributed by atoms with E-state index >= 15 is 0 Å². The van der Waals surface area contributed by atoms with Crippen LogP contribution in [0.25, 0.3) is 10.9 Å². The van der Waals surface area contributed by atoms with Gasteiger partial charge in [-0.3, -0.25) is 4.90 Å². The van der Waals surface area contributed by atoms with Gasteiger partial charge in [-0.25, -0.2) is 4.39 Å². The Hall–Kier alpha value is -4.60. The monoisotopic (exact) mass is 529 g/mol. The molecule has 2 unspecified atom stereocenters. The van der Waals surface area contributed by atoms with Gasteiger partial charge in [0, 0.05) is 29.2 Å². The van der Waals surface area contributed by atoms with Crippen LogP contribution in [0.5, 0.6) is 11.5 Å². The molecule has 5 nitrogen and oxygen atoms in total. The van der Waals surface area contributed by atoms with E-state index in [1.54, 1.807) is 31.4 Å². The van der Waals surface area contributed by atoms with Crippen LogP contribution >= 0.6 is 0 Å². The topological polar surface area (TPSA) is 61.3 Å². The minimum Gasteiger partial charge on any atom is -0.493 e. The van der Waals surface area contributed by atoms with E-state index in [1.165, 1.54) is 27.8 Å². The molecule has 5 aromatic rings. The Morgan fingerprint density at radius 1 is 1.00 bits per heavy atom. The molecule has 0 fully saturated rings. The van der Waals surface area contributed by atoms with Crippen LogP contribution < -0.4 is 9.47 Å². The highest BCUT2D eigenvalue weighted by molar-refractivity contribution is 5.85. The first-order valence-electron chi connectivity index (χ1n) is 13.6. The summed E-state index contributed by atoms with van der Waals surface area (Å²) in [4.78, 5) is 6.26. The normalized spacial score (nSPS) is 17.9. The molecule has 0 radical (unpaired) electrons. The lowest BCUT2D eigenvalue weighted by Crippen LogP contribution is -2.43. The molecule has 2 atom stereocenters. The smallest absolute Gasteiger partial charge is 0.161 e. The van der Waals surface area contributed by atoms with Crippen molar-refractivity contribution in [3.05, 3.63) is 130 Å². The summed E-state index contributed by atoms with van der Waals surface area (Å²) >= 11 is 0. The minimum absolute atomic E-state index is 0.00629. The van der Waals surface area contributed by atoms with Gasteiger partial charge in [-0.15, -0.1) is 0 Å². The Morgan fingerprint density at radius 2 is 1.80 bits per heavy atom. The third-order valence-electron chi connectivity index (χ3n) is 8.34. The second-order valence-corrected chi connectivity index (χ2v) is 10.5. The summed E-state index contributed by atoms with van der Waals surface area (Å²) in [5, 5.41) is 10.3. The zero-order valence-corrected chi connectivity index (χ0v) is 22.2. The number of hydrogen-bond acceptors (Lipinski definition) is 4. The summed E-state index contributed by atoms with van der Waals surface area (Å²) < 4.78 is 26.0. The van der Waals surface area contributed by atoms with Gasteiger partial charge in [-0.2, -0.15) is 5.26 Å². The van der Waals surface area contributed by atoms with Gasteiger partial charge in [0.25, 0.3) is 0 Å². The molecule has 0 bridgehead atoms. The summed E-state index contributed by atoms with van der Waals surface area (Å²) in [6, 6.07) is 29.4. The number of para-hydroxylation sites is 1. The van der Waals surface area contributed by atoms with E-state index < -0.39 is 0 Å². The van der Waals surface area contributed by atoms with E-state index in [9.17, 15) is 4.39 Å². The van der Waals surface area contributed by atoms with E-state index in [2.05, 4.69) is 52.4 Å². The molecule has 40 heavy (non-hydrogen) atoms. The molecule has 1 N–H and O–H groups in total. The van der Waals surface area contributed by atoms with Crippen molar-refractivity contribution in [1.29, 1.82) is 5.26 Å². The Balaban J connectivity index is 1.28. The lowest BCUT2D eigenvalue weighted by atomic mass is 9.80. The molecule has 1 aromatic heterocycles. The number of nitriles is 1. The summed E-state index contributed by atoms with van der Waals surface area (Å²) in [6.07, 6.45) is 1.74. The summed E-state index contributed by atoms with van der Waals surface area (Å²) in [5.74, 6) is 1.20. The van der Waals surface area contributed by atoms with Gasteiger partial charge in [0.15, 0.2) is 11.5 Å². The fraction of sp³-hybridized carbons (Fsp3) is 0.206. The van der Waals surface area contributed by atoms with Gasteiger partial charge in [0.1, 0.15) is 12.4 Å². The van der Waals surface area contributed by atoms with Gasteiger partial charge < -0.3 is 14.5 Å². The zero-order chi connectivity index (χ0) is 27.2. The van der Waals surface area contributed by atoms with Crippen molar-refractivity contribution in [1.82, 2.24) is 9.88 Å². The second-order valence-electron chi connectivity index (χ2n) is 10.5. The van der Waals surface area contributed by atoms with Gasteiger partial charge in [0.05, 0.1) is 24.8 Å². The summed E-state index contributed by atoms with van der Waals surface area (Å²) in [6.45, 7) is 1.26. The predicted molar refractivity (Wildman–Crippen MR) is 152 cm³/mol. The third kappa shape index (κ3) is 4.11. The molecule has 3 heterocycles. The molecular formula is C34H28FN3O2. The molecule has 4 aromatic carbocycles. The standard InChI is InChI=1S/C34H28FN3O2/c1-39-31-18-27-24(16-32(31)40-20-22-8-6-21(19-36)7-9-22)14-15-38-30(27)17-28-26-4-2-3-5-29(26)37-33(28)34(38)23-10-12-25(35)13-11-23/h2-13,16,18,30,34,37H,14-15,17,20H2,1H3. The quantitative estimate of drug-likeness (QED) is 0.266. The number of aromatic nitrogens is 1. The number of aromatic amines is 1. The fourth-order valence-corrected chi connectivity index (χ4v) is 6.41. The van der Waals surface area contributed by atoms with Crippen LogP contribution in [-0.2, 0) is 19.4 Å². The molecule has 2 aliphatic heterocycles. The highest BCUT2D eigenvalue weighted by atomic mass is 19.1. The van der Waals surface area contributed by atoms with Crippen LogP contribution in [0.3, 0.4) is 0 Å². The Morgan fingerprint density at radius 3 is 2.58 bits per heavy atom. The molecule has 0 saturated heterocycles. The molecule has 0 aliphatic carbocycles. The van der Waals surface area contributed by atoms with Crippen molar-refractivity contribution in [2.45, 2.75) is 31.5 Å². The van der Waals surface area contributed by atoms with Gasteiger partial charge >= 0.3 is 0 Å². The molecule has 2 aliphatic rings. The number of halogens is 1. The highest BCUT2D eigenvalue weighted by Crippen LogP contribution is 2.49. The molecular weight excluding hydrogens is 501 g/mol. The maximum atomic E-state index is 13.9. The molecule has 7 rings (SSSR count). The SMILES string of the molecule is COc1cc2c(cc1OCc1ccc(C#N)cc1)CCN1C2Cc2c([nH]c3ccccc23)C1c1ccc(F)cc1. The van der Waals surface area contributed by atoms with Crippen LogP contribution in [0, 0.1) is 17.1 Å². The second kappa shape index (κ2) is 9.86. The first-order valence-corrected chi connectivity index (χ1v) is 13.6. The number of fused-ring (bicyclic) bond motifs is 6. The van der Waals surface area contributed by atoms with Crippen molar-refractivity contribution < 1.29 is 13.9 Å². The van der Waals surface area contributed by atoms with Crippen molar-refractivity contribution >= 4 is 10.9 Å². The van der Waals surface area contributed by atoms with E-state index in [1.807, 2.05) is 24.3 Å². The van der Waals surface area contributed by atoms with E-state index in [0.29, 0.717) is 17.9 Å². The average molecular weight is 530 g/mol. The Kier molecular flexibility index (Phi) is 6.02. The van der Waals surface area contributed by atoms with Crippen molar-refractivity contribution in [3.63, 3.8) is 0 Å². The van der Waals surface area contributed by atoms with E-state index in [-0.39, 0.29) is 17.9 Å². The lowest BCUT2D eigenvalue weighted by molar-refractivity contribution is 0.127. The maximum Gasteiger partial charge on any atom is 0.161 e. The number of benzene rings is 4. The number of nitrogens with zero attached hydrogens (tertiary/aromatic N) is 2. The number of methoxy groups -OCH3 is 1. The number of hydrogen-bond donors (Lipinski definition) is 1. The van der Waals surface area contributed by atoms with Crippen molar-refractivity contribution in [2.75, 3.05) is 13.7 Å². The maximum absolute atomic E-state index is 13.9. The van der Waals surface area contributed by atoms with Crippen LogP contribution in [0.1, 0.15) is 51.2 Å². The molecule has 0 saturated carbocycles. The number of ether oxygens (including phenoxy) is 2. The van der Waals surface area contributed by atoms with E-state index in [4.69, 9.17) is 14.7 Å². The molecule has 198 valence electrons. The first-order chi connectivity index (χ1) is 19.6. The first kappa shape index (κ1) is 24.4. The molecule has 6 heteroatoms. The van der Waals surface area contributed by atoms with Gasteiger partial charge in [0.2, 0.25) is 0 Å². The Labute approximate surface area is 232 Å². The van der Waals surface area contributed by atoms with Crippen LogP contribution in [-0.4, -0.2) is 23.5 Å². The number of rotatable bonds is 5. The van der Waals surface area contributed by atoms with Crippen LogP contribution in [0.4, 0.5) is 4.39 Å². The predicted octanol–water partition coefficient (Wildman–Crippen LogP) is 7.01. The van der Waals surface area contributed by atoms with Crippen molar-refractivity contribution in [3.8, 4) is 17.6 Å². The average Bonchev–Trinajstić information content (AvgIpc) is 3.37. The molecule has 0 amide bonds. The fourth-order valence-electron chi connectivity index (χ4n) is 6.41. The van der Waals surface area contributed by atoms with Crippen LogP contribution in [0.15, 0.2) is 84.9 Å². The summed E-state index contributed by atoms with van der Waals surface area (Å²) in [7, 11) is 1.68. The minimum atomic E-state index is -0.227. The zero-order valence-electron chi connectivity index (χ0n) is 22.2. The van der Waals surface area contributed by atoms with Gasteiger partial charge in [-0.05, 0) is 83.1 Å². The van der Waals surface area contributed by atoms with Crippen LogP contribution in [0.2, 0.25) is 0 Å². The largest absolute Gasteiger partial charge is 0.493 e.